The molecule has 0 saturated carbocycles. The number of rotatable bonds is 5. The van der Waals surface area contributed by atoms with Gasteiger partial charge in [0.25, 0.3) is 0 Å². The molecule has 0 aliphatic rings. The number of nitrogens with zero attached hydrogens (tertiary/aromatic N) is 1. The summed E-state index contributed by atoms with van der Waals surface area (Å²) in [5.41, 5.74) is 2.19. The summed E-state index contributed by atoms with van der Waals surface area (Å²) in [6.07, 6.45) is 4.31. The summed E-state index contributed by atoms with van der Waals surface area (Å²) in [4.78, 5) is 11.5. The van der Waals surface area contributed by atoms with E-state index in [0.29, 0.717) is 17.7 Å². The van der Waals surface area contributed by atoms with Gasteiger partial charge in [-0.1, -0.05) is 24.3 Å². The molecule has 5 heteroatoms. The Kier molecular flexibility index (Phi) is 5.16. The van der Waals surface area contributed by atoms with Crippen LogP contribution in [0.1, 0.15) is 15.9 Å². The Hall–Kier alpha value is -2.79. The molecule has 3 N–H and O–H groups in total. The van der Waals surface area contributed by atoms with Crippen LogP contribution in [0.4, 0.5) is 5.69 Å². The molecule has 0 fully saturated rings. The van der Waals surface area contributed by atoms with E-state index in [2.05, 4.69) is 4.74 Å². The number of phenolic OH excluding ortho intramolecular Hbond substituents is 1. The van der Waals surface area contributed by atoms with Gasteiger partial charge >= 0.3 is 5.97 Å². The summed E-state index contributed by atoms with van der Waals surface area (Å²) >= 11 is 0. The van der Waals surface area contributed by atoms with E-state index in [-0.39, 0.29) is 5.75 Å². The number of nitrogens with two attached hydrogens (primary N) is 1. The second kappa shape index (κ2) is 7.28. The summed E-state index contributed by atoms with van der Waals surface area (Å²) in [7, 11) is 1.34. The zero-order valence-corrected chi connectivity index (χ0v) is 12.3. The Labute approximate surface area is 129 Å². The predicted octanol–water partition coefficient (Wildman–Crippen LogP) is 2.62. The molecule has 2 aromatic carbocycles. The van der Waals surface area contributed by atoms with Crippen LogP contribution in [-0.2, 0) is 11.2 Å². The largest absolute Gasteiger partial charge is 0.508 e. The first-order chi connectivity index (χ1) is 10.6. The van der Waals surface area contributed by atoms with Gasteiger partial charge in [0.15, 0.2) is 0 Å². The van der Waals surface area contributed by atoms with Gasteiger partial charge in [-0.3, -0.25) is 5.01 Å². The zero-order valence-electron chi connectivity index (χ0n) is 12.3. The van der Waals surface area contributed by atoms with Crippen LogP contribution in [0, 0.1) is 0 Å². The maximum absolute atomic E-state index is 11.5. The highest BCUT2D eigenvalue weighted by molar-refractivity contribution is 5.90. The van der Waals surface area contributed by atoms with Gasteiger partial charge < -0.3 is 9.84 Å². The van der Waals surface area contributed by atoms with Crippen molar-refractivity contribution in [2.75, 3.05) is 12.1 Å². The highest BCUT2D eigenvalue weighted by Crippen LogP contribution is 2.15. The molecule has 0 heterocycles. The first-order valence-corrected chi connectivity index (χ1v) is 6.77. The third-order valence-electron chi connectivity index (χ3n) is 3.12. The molecular weight excluding hydrogens is 280 g/mol. The number of allylic oxidation sites excluding steroid dienone is 1. The van der Waals surface area contributed by atoms with Crippen molar-refractivity contribution in [3.05, 3.63) is 71.9 Å². The maximum atomic E-state index is 11.5. The zero-order chi connectivity index (χ0) is 15.9. The second-order valence-corrected chi connectivity index (χ2v) is 4.70. The highest BCUT2D eigenvalue weighted by Gasteiger charge is 2.06. The molecule has 2 rings (SSSR count). The molecule has 0 amide bonds. The van der Waals surface area contributed by atoms with Crippen molar-refractivity contribution in [3.8, 4) is 5.75 Å². The average Bonchev–Trinajstić information content (AvgIpc) is 2.56. The molecule has 0 atom stereocenters. The lowest BCUT2D eigenvalue weighted by Gasteiger charge is -2.14. The van der Waals surface area contributed by atoms with Crippen LogP contribution >= 0.6 is 0 Å². The third-order valence-corrected chi connectivity index (χ3v) is 3.12. The van der Waals surface area contributed by atoms with Crippen molar-refractivity contribution >= 4 is 11.7 Å². The molecule has 2 aromatic rings. The van der Waals surface area contributed by atoms with E-state index in [0.717, 1.165) is 5.56 Å². The molecule has 0 unspecified atom stereocenters. The van der Waals surface area contributed by atoms with Gasteiger partial charge in [-0.2, -0.15) is 0 Å². The standard InChI is InChI=1S/C17H18N2O3/c1-22-17(21)14-5-2-6-15(12-14)19(18)11-3-4-13-7-9-16(20)10-8-13/h2-3,5-12,20H,4,18H2,1H3/b11-3-. The lowest BCUT2D eigenvalue weighted by atomic mass is 10.1. The Balaban J connectivity index is 2.02. The van der Waals surface area contributed by atoms with E-state index < -0.39 is 5.97 Å². The fraction of sp³-hybridized carbons (Fsp3) is 0.118. The van der Waals surface area contributed by atoms with Crippen molar-refractivity contribution in [3.63, 3.8) is 0 Å². The minimum Gasteiger partial charge on any atom is -0.508 e. The van der Waals surface area contributed by atoms with Crippen LogP contribution < -0.4 is 10.9 Å². The van der Waals surface area contributed by atoms with Crippen molar-refractivity contribution in [1.82, 2.24) is 0 Å². The van der Waals surface area contributed by atoms with Crippen molar-refractivity contribution in [2.45, 2.75) is 6.42 Å². The van der Waals surface area contributed by atoms with E-state index in [9.17, 15) is 9.90 Å². The number of phenols is 1. The molecule has 5 nitrogen and oxygen atoms in total. The number of carbonyl (C=O) groups excluding carboxylic acids is 1. The van der Waals surface area contributed by atoms with E-state index in [1.54, 1.807) is 42.6 Å². The van der Waals surface area contributed by atoms with Gasteiger partial charge in [0.05, 0.1) is 18.4 Å². The molecule has 0 aliphatic heterocycles. The number of aromatic hydroxyl groups is 1. The smallest absolute Gasteiger partial charge is 0.337 e. The van der Waals surface area contributed by atoms with Gasteiger partial charge in [0.1, 0.15) is 5.75 Å². The van der Waals surface area contributed by atoms with Gasteiger partial charge in [0, 0.05) is 6.20 Å². The molecule has 0 aliphatic carbocycles. The average molecular weight is 298 g/mol. The van der Waals surface area contributed by atoms with Crippen molar-refractivity contribution in [2.24, 2.45) is 5.84 Å². The van der Waals surface area contributed by atoms with Crippen LogP contribution in [0.2, 0.25) is 0 Å². The summed E-state index contributed by atoms with van der Waals surface area (Å²) in [5.74, 6) is 5.79. The number of carbonyl (C=O) groups is 1. The molecule has 114 valence electrons. The number of methoxy groups -OCH3 is 1. The van der Waals surface area contributed by atoms with Crippen LogP contribution in [0.5, 0.6) is 5.75 Å². The lowest BCUT2D eigenvalue weighted by molar-refractivity contribution is 0.0601. The summed E-state index contributed by atoms with van der Waals surface area (Å²) in [6.45, 7) is 0. The Morgan fingerprint density at radius 3 is 2.68 bits per heavy atom. The van der Waals surface area contributed by atoms with E-state index in [1.165, 1.54) is 12.1 Å². The monoisotopic (exact) mass is 298 g/mol. The van der Waals surface area contributed by atoms with Gasteiger partial charge in [-0.15, -0.1) is 0 Å². The first-order valence-electron chi connectivity index (χ1n) is 6.77. The molecule has 0 radical (unpaired) electrons. The van der Waals surface area contributed by atoms with E-state index >= 15 is 0 Å². The van der Waals surface area contributed by atoms with Gasteiger partial charge in [0.2, 0.25) is 0 Å². The number of esters is 1. The lowest BCUT2D eigenvalue weighted by Crippen LogP contribution is -2.24. The number of hydrogen-bond acceptors (Lipinski definition) is 5. The van der Waals surface area contributed by atoms with Crippen LogP contribution in [0.3, 0.4) is 0 Å². The third kappa shape index (κ3) is 4.10. The molecule has 0 spiro atoms. The number of ether oxygens (including phenoxy) is 1. The predicted molar refractivity (Wildman–Crippen MR) is 85.4 cm³/mol. The van der Waals surface area contributed by atoms with Crippen LogP contribution in [-0.4, -0.2) is 18.2 Å². The number of hydrogen-bond donors (Lipinski definition) is 2. The Morgan fingerprint density at radius 2 is 2.00 bits per heavy atom. The summed E-state index contributed by atoms with van der Waals surface area (Å²) < 4.78 is 4.68. The Morgan fingerprint density at radius 1 is 1.27 bits per heavy atom. The Bertz CT molecular complexity index is 666. The van der Waals surface area contributed by atoms with Gasteiger partial charge in [-0.05, 0) is 42.3 Å². The van der Waals surface area contributed by atoms with E-state index in [1.807, 2.05) is 18.2 Å². The minimum absolute atomic E-state index is 0.243. The fourth-order valence-electron chi connectivity index (χ4n) is 1.93. The van der Waals surface area contributed by atoms with Crippen molar-refractivity contribution in [1.29, 1.82) is 0 Å². The fourth-order valence-corrected chi connectivity index (χ4v) is 1.93. The second-order valence-electron chi connectivity index (χ2n) is 4.70. The summed E-state index contributed by atoms with van der Waals surface area (Å²) in [5, 5.41) is 10.7. The quantitative estimate of drug-likeness (QED) is 0.504. The van der Waals surface area contributed by atoms with Crippen LogP contribution in [0.15, 0.2) is 60.8 Å². The normalized spacial score (nSPS) is 10.6. The molecule has 0 aromatic heterocycles. The SMILES string of the molecule is COC(=O)c1cccc(N(N)/C=C\Cc2ccc(O)cc2)c1. The molecule has 0 bridgehead atoms. The molecule has 22 heavy (non-hydrogen) atoms. The van der Waals surface area contributed by atoms with Crippen LogP contribution in [0.25, 0.3) is 0 Å². The van der Waals surface area contributed by atoms with E-state index in [4.69, 9.17) is 5.84 Å². The molecule has 0 saturated heterocycles. The number of hydrazine groups is 1. The maximum Gasteiger partial charge on any atom is 0.337 e. The van der Waals surface area contributed by atoms with Crippen molar-refractivity contribution < 1.29 is 14.6 Å². The molecular formula is C17H18N2O3. The number of benzene rings is 2. The topological polar surface area (TPSA) is 75.8 Å². The number of anilines is 1. The summed E-state index contributed by atoms with van der Waals surface area (Å²) in [6, 6.07) is 13.9. The van der Waals surface area contributed by atoms with Gasteiger partial charge in [-0.25, -0.2) is 10.6 Å². The first kappa shape index (κ1) is 15.6. The minimum atomic E-state index is -0.400. The highest BCUT2D eigenvalue weighted by atomic mass is 16.5.